The average molecular weight is 396 g/mol. The summed E-state index contributed by atoms with van der Waals surface area (Å²) in [7, 11) is 0. The van der Waals surface area contributed by atoms with E-state index in [4.69, 9.17) is 10.5 Å². The van der Waals surface area contributed by atoms with Gasteiger partial charge in [-0.3, -0.25) is 4.79 Å². The Morgan fingerprint density at radius 3 is 2.43 bits per heavy atom. The molecule has 0 aliphatic heterocycles. The molecule has 1 heterocycles. The number of carbonyl (C=O) groups is 2. The van der Waals surface area contributed by atoms with E-state index < -0.39 is 23.4 Å². The number of nitrogens with one attached hydrogen (secondary N) is 1. The van der Waals surface area contributed by atoms with Crippen LogP contribution in [0.1, 0.15) is 63.7 Å². The number of aromatic nitrogens is 1. The summed E-state index contributed by atoms with van der Waals surface area (Å²) in [6.07, 6.45) is 1.75. The van der Waals surface area contributed by atoms with Crippen LogP contribution in [0, 0.1) is 5.82 Å². The Morgan fingerprint density at radius 1 is 1.36 bits per heavy atom. The molecule has 0 radical (unpaired) electrons. The van der Waals surface area contributed by atoms with Crippen molar-refractivity contribution >= 4 is 17.8 Å². The van der Waals surface area contributed by atoms with Crippen LogP contribution in [0.25, 0.3) is 0 Å². The zero-order chi connectivity index (χ0) is 21.1. The van der Waals surface area contributed by atoms with Crippen molar-refractivity contribution in [3.8, 4) is 5.88 Å². The van der Waals surface area contributed by atoms with Gasteiger partial charge in [-0.25, -0.2) is 9.18 Å². The van der Waals surface area contributed by atoms with Gasteiger partial charge in [0.05, 0.1) is 6.61 Å². The highest BCUT2D eigenvalue weighted by Crippen LogP contribution is 2.31. The van der Waals surface area contributed by atoms with E-state index in [2.05, 4.69) is 10.3 Å². The quantitative estimate of drug-likeness (QED) is 0.679. The van der Waals surface area contributed by atoms with Crippen molar-refractivity contribution < 1.29 is 23.8 Å². The summed E-state index contributed by atoms with van der Waals surface area (Å²) in [6.45, 7) is 7.62. The SMILES string of the molecule is CCOc1nc(NC2CCC(N(C(=O)O)C(C)(C)C)CC2)c(F)cc1C(N)=O. The van der Waals surface area contributed by atoms with Crippen molar-refractivity contribution in [2.24, 2.45) is 5.73 Å². The molecular formula is C19H29FN4O4. The maximum absolute atomic E-state index is 14.4. The molecule has 1 fully saturated rings. The molecule has 0 atom stereocenters. The van der Waals surface area contributed by atoms with Crippen LogP contribution in [-0.2, 0) is 0 Å². The maximum Gasteiger partial charge on any atom is 0.407 e. The first-order valence-corrected chi connectivity index (χ1v) is 9.46. The predicted molar refractivity (Wildman–Crippen MR) is 103 cm³/mol. The van der Waals surface area contributed by atoms with E-state index in [1.807, 2.05) is 20.8 Å². The first-order chi connectivity index (χ1) is 13.0. The normalized spacial score (nSPS) is 19.8. The van der Waals surface area contributed by atoms with Crippen molar-refractivity contribution in [2.75, 3.05) is 11.9 Å². The number of rotatable bonds is 6. The number of primary amides is 1. The molecule has 2 rings (SSSR count). The Kier molecular flexibility index (Phi) is 6.69. The fourth-order valence-corrected chi connectivity index (χ4v) is 3.66. The van der Waals surface area contributed by atoms with Gasteiger partial charge in [-0.2, -0.15) is 4.98 Å². The lowest BCUT2D eigenvalue weighted by molar-refractivity contribution is 0.0556. The molecule has 1 saturated carbocycles. The summed E-state index contributed by atoms with van der Waals surface area (Å²) in [6, 6.07) is 0.896. The number of nitrogens with zero attached hydrogens (tertiary/aromatic N) is 2. The molecule has 4 N–H and O–H groups in total. The standard InChI is InChI=1S/C19H29FN4O4/c1-5-28-17-13(15(21)25)10-14(20)16(23-17)22-11-6-8-12(9-7-11)24(18(26)27)19(2,3)4/h10-12H,5-9H2,1-4H3,(H2,21,25)(H,22,23)(H,26,27). The number of nitrogens with two attached hydrogens (primary N) is 1. The number of anilines is 1. The second-order valence-electron chi connectivity index (χ2n) is 7.94. The molecule has 1 aromatic rings. The number of carboxylic acid groups (broad SMARTS) is 1. The minimum Gasteiger partial charge on any atom is -0.477 e. The van der Waals surface area contributed by atoms with E-state index in [9.17, 15) is 19.1 Å². The van der Waals surface area contributed by atoms with E-state index in [0.29, 0.717) is 25.7 Å². The summed E-state index contributed by atoms with van der Waals surface area (Å²) in [4.78, 5) is 28.7. The van der Waals surface area contributed by atoms with Crippen molar-refractivity contribution in [1.82, 2.24) is 9.88 Å². The van der Waals surface area contributed by atoms with Crippen LogP contribution in [0.3, 0.4) is 0 Å². The van der Waals surface area contributed by atoms with Gasteiger partial charge in [-0.1, -0.05) is 0 Å². The van der Waals surface area contributed by atoms with Gasteiger partial charge in [0.15, 0.2) is 11.6 Å². The number of ether oxygens (including phenoxy) is 1. The van der Waals surface area contributed by atoms with Gasteiger partial charge in [-0.05, 0) is 59.4 Å². The van der Waals surface area contributed by atoms with Gasteiger partial charge in [0.1, 0.15) is 5.56 Å². The summed E-state index contributed by atoms with van der Waals surface area (Å²) in [5.74, 6) is -1.49. The zero-order valence-corrected chi connectivity index (χ0v) is 16.8. The Balaban J connectivity index is 2.09. The van der Waals surface area contributed by atoms with Crippen LogP contribution in [-0.4, -0.2) is 51.2 Å². The number of hydrogen-bond donors (Lipinski definition) is 3. The topological polar surface area (TPSA) is 118 Å². The first-order valence-electron chi connectivity index (χ1n) is 9.46. The number of pyridine rings is 1. The summed E-state index contributed by atoms with van der Waals surface area (Å²) < 4.78 is 19.7. The molecular weight excluding hydrogens is 367 g/mol. The molecule has 0 unspecified atom stereocenters. The van der Waals surface area contributed by atoms with Gasteiger partial charge >= 0.3 is 6.09 Å². The van der Waals surface area contributed by atoms with Gasteiger partial charge in [0.2, 0.25) is 5.88 Å². The third-order valence-electron chi connectivity index (χ3n) is 4.82. The molecule has 0 bridgehead atoms. The van der Waals surface area contributed by atoms with E-state index >= 15 is 0 Å². The number of carbonyl (C=O) groups excluding carboxylic acids is 1. The molecule has 0 aromatic carbocycles. The maximum atomic E-state index is 14.4. The van der Waals surface area contributed by atoms with Crippen LogP contribution >= 0.6 is 0 Å². The highest BCUT2D eigenvalue weighted by Gasteiger charge is 2.35. The van der Waals surface area contributed by atoms with E-state index in [-0.39, 0.29) is 36.0 Å². The Bertz CT molecular complexity index is 727. The number of halogens is 1. The second kappa shape index (κ2) is 8.62. The summed E-state index contributed by atoms with van der Waals surface area (Å²) in [5.41, 5.74) is 4.67. The molecule has 2 amide bonds. The van der Waals surface area contributed by atoms with Crippen LogP contribution < -0.4 is 15.8 Å². The lowest BCUT2D eigenvalue weighted by Gasteiger charge is -2.42. The van der Waals surface area contributed by atoms with Gasteiger partial charge in [-0.15, -0.1) is 0 Å². The van der Waals surface area contributed by atoms with Gasteiger partial charge < -0.3 is 25.8 Å². The minimum absolute atomic E-state index is 0.00243. The minimum atomic E-state index is -0.931. The molecule has 0 spiro atoms. The molecule has 156 valence electrons. The van der Waals surface area contributed by atoms with Crippen molar-refractivity contribution in [3.05, 3.63) is 17.4 Å². The molecule has 1 aromatic heterocycles. The summed E-state index contributed by atoms with van der Waals surface area (Å²) in [5, 5.41) is 12.6. The fraction of sp³-hybridized carbons (Fsp3) is 0.632. The molecule has 0 saturated heterocycles. The monoisotopic (exact) mass is 396 g/mol. The van der Waals surface area contributed by atoms with Crippen LogP contribution in [0.5, 0.6) is 5.88 Å². The largest absolute Gasteiger partial charge is 0.477 e. The fourth-order valence-electron chi connectivity index (χ4n) is 3.66. The number of amides is 2. The molecule has 1 aliphatic carbocycles. The molecule has 1 aliphatic rings. The van der Waals surface area contributed by atoms with Crippen LogP contribution in [0.4, 0.5) is 15.0 Å². The van der Waals surface area contributed by atoms with Crippen LogP contribution in [0.15, 0.2) is 6.07 Å². The van der Waals surface area contributed by atoms with E-state index in [1.54, 1.807) is 6.92 Å². The lowest BCUT2D eigenvalue weighted by Crippen LogP contribution is -2.52. The lowest BCUT2D eigenvalue weighted by atomic mass is 9.88. The van der Waals surface area contributed by atoms with Crippen LogP contribution in [0.2, 0.25) is 0 Å². The second-order valence-corrected chi connectivity index (χ2v) is 7.94. The Labute approximate surface area is 164 Å². The zero-order valence-electron chi connectivity index (χ0n) is 16.8. The Hall–Kier alpha value is -2.58. The van der Waals surface area contributed by atoms with Gasteiger partial charge in [0.25, 0.3) is 5.91 Å². The van der Waals surface area contributed by atoms with Crippen molar-refractivity contribution in [3.63, 3.8) is 0 Å². The van der Waals surface area contributed by atoms with E-state index in [1.165, 1.54) is 4.90 Å². The number of hydrogen-bond acceptors (Lipinski definition) is 5. The highest BCUT2D eigenvalue weighted by molar-refractivity contribution is 5.95. The first kappa shape index (κ1) is 21.7. The van der Waals surface area contributed by atoms with Crippen molar-refractivity contribution in [1.29, 1.82) is 0 Å². The summed E-state index contributed by atoms with van der Waals surface area (Å²) >= 11 is 0. The van der Waals surface area contributed by atoms with Gasteiger partial charge in [0, 0.05) is 17.6 Å². The molecule has 28 heavy (non-hydrogen) atoms. The molecule has 9 heteroatoms. The van der Waals surface area contributed by atoms with E-state index in [0.717, 1.165) is 6.07 Å². The molecule has 8 nitrogen and oxygen atoms in total. The third kappa shape index (κ3) is 5.02. The third-order valence-corrected chi connectivity index (χ3v) is 4.82. The smallest absolute Gasteiger partial charge is 0.407 e. The predicted octanol–water partition coefficient (Wildman–Crippen LogP) is 3.22. The highest BCUT2D eigenvalue weighted by atomic mass is 19.1. The Morgan fingerprint density at radius 2 is 1.96 bits per heavy atom. The average Bonchev–Trinajstić information content (AvgIpc) is 2.57. The van der Waals surface area contributed by atoms with Crippen molar-refractivity contribution in [2.45, 2.75) is 71.0 Å².